The highest BCUT2D eigenvalue weighted by Gasteiger charge is 2.42. The fourth-order valence-electron chi connectivity index (χ4n) is 2.71. The molecule has 0 spiro atoms. The average molecular weight is 294 g/mol. The third-order valence-electron chi connectivity index (χ3n) is 4.05. The summed E-state index contributed by atoms with van der Waals surface area (Å²) in [5.74, 6) is 0. The van der Waals surface area contributed by atoms with Crippen LogP contribution >= 0.6 is 11.3 Å². The second kappa shape index (κ2) is 4.39. The number of hydrogen-bond donors (Lipinski definition) is 1. The molecule has 0 atom stereocenters. The van der Waals surface area contributed by atoms with Gasteiger partial charge in [0.15, 0.2) is 12.0 Å². The number of ether oxygens (including phenoxy) is 1. The van der Waals surface area contributed by atoms with E-state index in [4.69, 9.17) is 4.74 Å². The van der Waals surface area contributed by atoms with Crippen LogP contribution in [0.1, 0.15) is 34.5 Å². The number of nitrogens with one attached hydrogen (secondary N) is 1. The van der Waals surface area contributed by atoms with E-state index in [9.17, 15) is 14.4 Å². The van der Waals surface area contributed by atoms with Gasteiger partial charge in [-0.15, -0.1) is 11.3 Å². The number of aldehydes is 1. The molecule has 0 aliphatic heterocycles. The first-order valence-corrected chi connectivity index (χ1v) is 7.15. The molecule has 3 rings (SSSR count). The zero-order chi connectivity index (χ0) is 14.5. The highest BCUT2D eigenvalue weighted by atomic mass is 32.1. The van der Waals surface area contributed by atoms with Crippen LogP contribution in [-0.2, 0) is 10.5 Å². The Balaban J connectivity index is 2.40. The van der Waals surface area contributed by atoms with Gasteiger partial charge in [-0.2, -0.15) is 0 Å². The van der Waals surface area contributed by atoms with E-state index in [0.29, 0.717) is 39.8 Å². The molecule has 0 aromatic carbocycles. The van der Waals surface area contributed by atoms with E-state index in [-0.39, 0.29) is 5.56 Å². The van der Waals surface area contributed by atoms with Crippen molar-refractivity contribution in [3.63, 3.8) is 0 Å². The van der Waals surface area contributed by atoms with Gasteiger partial charge in [-0.3, -0.25) is 14.6 Å². The molecule has 0 saturated heterocycles. The van der Waals surface area contributed by atoms with E-state index in [1.165, 1.54) is 7.11 Å². The molecule has 2 heterocycles. The second-order valence-electron chi connectivity index (χ2n) is 4.99. The number of aryl methyl sites for hydroxylation is 1. The van der Waals surface area contributed by atoms with E-state index in [1.54, 1.807) is 6.92 Å². The number of aromatic nitrogens is 2. The number of carbonyl (C=O) groups is 1. The molecule has 1 saturated carbocycles. The molecule has 1 aliphatic carbocycles. The molecule has 1 N–H and O–H groups in total. The highest BCUT2D eigenvalue weighted by Crippen LogP contribution is 2.38. The highest BCUT2D eigenvalue weighted by molar-refractivity contribution is 7.20. The third kappa shape index (κ3) is 1.56. The molecule has 0 unspecified atom stereocenters. The molecule has 7 heteroatoms. The first kappa shape index (κ1) is 13.3. The van der Waals surface area contributed by atoms with Gasteiger partial charge in [-0.25, -0.2) is 9.36 Å². The van der Waals surface area contributed by atoms with Crippen LogP contribution < -0.4 is 11.2 Å². The van der Waals surface area contributed by atoms with E-state index >= 15 is 0 Å². The van der Waals surface area contributed by atoms with Crippen LogP contribution in [0.15, 0.2) is 9.59 Å². The van der Waals surface area contributed by atoms with Gasteiger partial charge < -0.3 is 4.74 Å². The molecule has 20 heavy (non-hydrogen) atoms. The van der Waals surface area contributed by atoms with Crippen LogP contribution in [0.2, 0.25) is 0 Å². The normalized spacial score (nSPS) is 17.1. The van der Waals surface area contributed by atoms with Crippen molar-refractivity contribution in [1.82, 2.24) is 9.55 Å². The minimum atomic E-state index is -0.839. The number of rotatable bonds is 3. The molecule has 0 amide bonds. The molecular weight excluding hydrogens is 280 g/mol. The van der Waals surface area contributed by atoms with Gasteiger partial charge in [0.25, 0.3) is 5.56 Å². The lowest BCUT2D eigenvalue weighted by atomic mass is 9.87. The summed E-state index contributed by atoms with van der Waals surface area (Å²) in [6.45, 7) is 1.72. The number of hydrogen-bond acceptors (Lipinski definition) is 5. The molecule has 0 radical (unpaired) electrons. The first-order chi connectivity index (χ1) is 9.54. The fourth-order valence-corrected chi connectivity index (χ4v) is 3.72. The Labute approximate surface area is 118 Å². The summed E-state index contributed by atoms with van der Waals surface area (Å²) in [6, 6.07) is 0. The predicted octanol–water partition coefficient (Wildman–Crippen LogP) is 1.36. The van der Waals surface area contributed by atoms with E-state index in [0.717, 1.165) is 22.3 Å². The summed E-state index contributed by atoms with van der Waals surface area (Å²) in [5, 5.41) is 0.403. The summed E-state index contributed by atoms with van der Waals surface area (Å²) >= 11 is 1.13. The van der Waals surface area contributed by atoms with Gasteiger partial charge >= 0.3 is 5.69 Å². The Hall–Kier alpha value is -1.73. The Bertz CT molecular complexity index is 805. The molecule has 2 aromatic rings. The minimum absolute atomic E-state index is 0.382. The van der Waals surface area contributed by atoms with Crippen molar-refractivity contribution in [3.05, 3.63) is 31.3 Å². The maximum absolute atomic E-state index is 12.7. The molecule has 1 aliphatic rings. The van der Waals surface area contributed by atoms with Crippen molar-refractivity contribution in [2.45, 2.75) is 31.9 Å². The van der Waals surface area contributed by atoms with Crippen molar-refractivity contribution in [2.75, 3.05) is 7.11 Å². The van der Waals surface area contributed by atoms with Gasteiger partial charge in [0, 0.05) is 7.11 Å². The Kier molecular flexibility index (Phi) is 2.91. The van der Waals surface area contributed by atoms with E-state index < -0.39 is 11.4 Å². The van der Waals surface area contributed by atoms with Gasteiger partial charge in [0.1, 0.15) is 4.83 Å². The smallest absolute Gasteiger partial charge is 0.331 e. The minimum Gasteiger partial charge on any atom is -0.358 e. The number of methoxy groups -OCH3 is 1. The standard InChI is InChI=1S/C13H14N2O4S/c1-7-8(6-16)20-10-9(7)11(17)15(12(18)14-10)13(19-2)4-3-5-13/h6H,3-5H2,1-2H3,(H,14,18). The van der Waals surface area contributed by atoms with Gasteiger partial charge in [-0.05, 0) is 31.7 Å². The fraction of sp³-hybridized carbons (Fsp3) is 0.462. The van der Waals surface area contributed by atoms with Crippen molar-refractivity contribution in [3.8, 4) is 0 Å². The van der Waals surface area contributed by atoms with E-state index in [1.807, 2.05) is 0 Å². The number of carbonyl (C=O) groups excluding carboxylic acids is 1. The Morgan fingerprint density at radius 3 is 2.60 bits per heavy atom. The van der Waals surface area contributed by atoms with Crippen LogP contribution in [0.3, 0.4) is 0 Å². The maximum Gasteiger partial charge on any atom is 0.331 e. The predicted molar refractivity (Wildman–Crippen MR) is 75.7 cm³/mol. The summed E-state index contributed by atoms with van der Waals surface area (Å²) in [5.41, 5.74) is -1.09. The number of nitrogens with zero attached hydrogens (tertiary/aromatic N) is 1. The monoisotopic (exact) mass is 294 g/mol. The number of thiophene rings is 1. The molecule has 106 valence electrons. The van der Waals surface area contributed by atoms with Crippen LogP contribution in [-0.4, -0.2) is 22.9 Å². The van der Waals surface area contributed by atoms with Gasteiger partial charge in [0.05, 0.1) is 10.3 Å². The largest absolute Gasteiger partial charge is 0.358 e. The number of H-pyrrole nitrogens is 1. The topological polar surface area (TPSA) is 81.2 Å². The van der Waals surface area contributed by atoms with Crippen molar-refractivity contribution in [2.24, 2.45) is 0 Å². The van der Waals surface area contributed by atoms with E-state index in [2.05, 4.69) is 4.98 Å². The zero-order valence-electron chi connectivity index (χ0n) is 11.2. The molecule has 2 aromatic heterocycles. The van der Waals surface area contributed by atoms with Gasteiger partial charge in [0.2, 0.25) is 0 Å². The molecule has 0 bridgehead atoms. The average Bonchev–Trinajstić information content (AvgIpc) is 2.68. The maximum atomic E-state index is 12.7. The number of aromatic amines is 1. The first-order valence-electron chi connectivity index (χ1n) is 6.33. The van der Waals surface area contributed by atoms with Crippen LogP contribution in [0, 0.1) is 6.92 Å². The SMILES string of the molecule is COC1(n2c(=O)[nH]c3sc(C=O)c(C)c3c2=O)CCC1. The summed E-state index contributed by atoms with van der Waals surface area (Å²) < 4.78 is 6.58. The lowest BCUT2D eigenvalue weighted by Crippen LogP contribution is -2.54. The lowest BCUT2D eigenvalue weighted by molar-refractivity contribution is -0.143. The summed E-state index contributed by atoms with van der Waals surface area (Å²) in [6.07, 6.45) is 2.90. The van der Waals surface area contributed by atoms with Crippen molar-refractivity contribution < 1.29 is 9.53 Å². The zero-order valence-corrected chi connectivity index (χ0v) is 12.0. The summed E-state index contributed by atoms with van der Waals surface area (Å²) in [4.78, 5) is 39.4. The molecular formula is C13H14N2O4S. The second-order valence-corrected chi connectivity index (χ2v) is 6.04. The summed E-state index contributed by atoms with van der Waals surface area (Å²) in [7, 11) is 1.51. The van der Waals surface area contributed by atoms with Crippen LogP contribution in [0.5, 0.6) is 0 Å². The Morgan fingerprint density at radius 2 is 2.10 bits per heavy atom. The lowest BCUT2D eigenvalue weighted by Gasteiger charge is -2.40. The van der Waals surface area contributed by atoms with Crippen LogP contribution in [0.25, 0.3) is 10.2 Å². The third-order valence-corrected chi connectivity index (χ3v) is 5.19. The Morgan fingerprint density at radius 1 is 1.40 bits per heavy atom. The van der Waals surface area contributed by atoms with Gasteiger partial charge in [-0.1, -0.05) is 0 Å². The number of fused-ring (bicyclic) bond motifs is 1. The quantitative estimate of drug-likeness (QED) is 0.867. The molecule has 6 nitrogen and oxygen atoms in total. The van der Waals surface area contributed by atoms with Crippen LogP contribution in [0.4, 0.5) is 0 Å². The van der Waals surface area contributed by atoms with Crippen molar-refractivity contribution >= 4 is 27.8 Å². The van der Waals surface area contributed by atoms with Crippen molar-refractivity contribution in [1.29, 1.82) is 0 Å². The molecule has 1 fully saturated rings.